The second-order valence-corrected chi connectivity index (χ2v) is 7.98. The molecule has 2 N–H and O–H groups in total. The molecule has 128 valence electrons. The van der Waals surface area contributed by atoms with Crippen molar-refractivity contribution in [2.24, 2.45) is 23.2 Å². The molecule has 0 unspecified atom stereocenters. The zero-order valence-electron chi connectivity index (χ0n) is 14.0. The van der Waals surface area contributed by atoms with Crippen LogP contribution in [0.15, 0.2) is 24.4 Å². The van der Waals surface area contributed by atoms with E-state index in [2.05, 4.69) is 15.6 Å². The zero-order chi connectivity index (χ0) is 16.6. The van der Waals surface area contributed by atoms with Crippen LogP contribution in [0.3, 0.4) is 0 Å². The first-order chi connectivity index (χ1) is 11.6. The molecule has 4 aliphatic rings. The number of hydrogen-bond acceptors (Lipinski definition) is 3. The molecule has 24 heavy (non-hydrogen) atoms. The highest BCUT2D eigenvalue weighted by Gasteiger charge is 2.54. The van der Waals surface area contributed by atoms with Gasteiger partial charge in [0.05, 0.1) is 18.8 Å². The van der Waals surface area contributed by atoms with Crippen LogP contribution in [0.25, 0.3) is 0 Å². The Kier molecular flexibility index (Phi) is 4.02. The molecule has 4 fully saturated rings. The van der Waals surface area contributed by atoms with Gasteiger partial charge in [-0.2, -0.15) is 0 Å². The van der Waals surface area contributed by atoms with Crippen molar-refractivity contribution in [3.8, 4) is 0 Å². The van der Waals surface area contributed by atoms with Gasteiger partial charge in [0.1, 0.15) is 0 Å². The first-order valence-electron chi connectivity index (χ1n) is 9.08. The van der Waals surface area contributed by atoms with E-state index in [0.717, 1.165) is 42.7 Å². The van der Waals surface area contributed by atoms with Gasteiger partial charge in [-0.3, -0.25) is 14.6 Å². The molecule has 0 spiro atoms. The van der Waals surface area contributed by atoms with Crippen LogP contribution in [0.1, 0.15) is 44.2 Å². The molecule has 4 aliphatic carbocycles. The molecule has 5 rings (SSSR count). The van der Waals surface area contributed by atoms with Crippen molar-refractivity contribution in [3.63, 3.8) is 0 Å². The summed E-state index contributed by atoms with van der Waals surface area (Å²) >= 11 is 0. The topological polar surface area (TPSA) is 71.1 Å². The Morgan fingerprint density at radius 2 is 1.71 bits per heavy atom. The van der Waals surface area contributed by atoms with Crippen molar-refractivity contribution in [3.05, 3.63) is 30.1 Å². The largest absolute Gasteiger partial charge is 0.349 e. The molecule has 5 nitrogen and oxygen atoms in total. The van der Waals surface area contributed by atoms with Crippen LogP contribution in [0, 0.1) is 23.2 Å². The third-order valence-corrected chi connectivity index (χ3v) is 6.12. The number of nitrogens with one attached hydrogen (secondary N) is 2. The monoisotopic (exact) mass is 327 g/mol. The molecule has 0 saturated heterocycles. The van der Waals surface area contributed by atoms with Gasteiger partial charge in [0.15, 0.2) is 0 Å². The van der Waals surface area contributed by atoms with Gasteiger partial charge in [0, 0.05) is 11.6 Å². The highest BCUT2D eigenvalue weighted by Crippen LogP contribution is 2.60. The SMILES string of the molecule is O=C(CNC(=O)C12CC3CC(CC(C3)C1)C2)NCc1ccccn1. The minimum Gasteiger partial charge on any atom is -0.349 e. The lowest BCUT2D eigenvalue weighted by Gasteiger charge is -2.55. The van der Waals surface area contributed by atoms with E-state index in [0.29, 0.717) is 6.54 Å². The number of nitrogens with zero attached hydrogens (tertiary/aromatic N) is 1. The molecule has 0 atom stereocenters. The summed E-state index contributed by atoms with van der Waals surface area (Å²) in [7, 11) is 0. The van der Waals surface area contributed by atoms with Crippen LogP contribution < -0.4 is 10.6 Å². The number of carbonyl (C=O) groups excluding carboxylic acids is 2. The van der Waals surface area contributed by atoms with E-state index < -0.39 is 0 Å². The Labute approximate surface area is 142 Å². The summed E-state index contributed by atoms with van der Waals surface area (Å²) in [6.45, 7) is 0.459. The molecule has 4 saturated carbocycles. The van der Waals surface area contributed by atoms with Crippen LogP contribution in [0.5, 0.6) is 0 Å². The summed E-state index contributed by atoms with van der Waals surface area (Å²) in [5.41, 5.74) is 0.633. The van der Waals surface area contributed by atoms with Crippen molar-refractivity contribution < 1.29 is 9.59 Å². The summed E-state index contributed by atoms with van der Waals surface area (Å²) in [5, 5.41) is 5.72. The normalized spacial score (nSPS) is 33.2. The van der Waals surface area contributed by atoms with Crippen LogP contribution in [-0.2, 0) is 16.1 Å². The Bertz CT molecular complexity index is 593. The second kappa shape index (κ2) is 6.19. The summed E-state index contributed by atoms with van der Waals surface area (Å²) in [4.78, 5) is 28.9. The predicted octanol–water partition coefficient (Wildman–Crippen LogP) is 2.03. The van der Waals surface area contributed by atoms with Gasteiger partial charge in [-0.05, 0) is 68.4 Å². The zero-order valence-corrected chi connectivity index (χ0v) is 14.0. The van der Waals surface area contributed by atoms with E-state index in [1.807, 2.05) is 18.2 Å². The highest BCUT2D eigenvalue weighted by atomic mass is 16.2. The average Bonchev–Trinajstić information content (AvgIpc) is 2.57. The first kappa shape index (κ1) is 15.6. The molecule has 1 heterocycles. The number of aromatic nitrogens is 1. The Hall–Kier alpha value is -1.91. The van der Waals surface area contributed by atoms with Crippen molar-refractivity contribution in [1.82, 2.24) is 15.6 Å². The third kappa shape index (κ3) is 3.04. The van der Waals surface area contributed by atoms with Crippen LogP contribution in [-0.4, -0.2) is 23.3 Å². The van der Waals surface area contributed by atoms with Crippen molar-refractivity contribution >= 4 is 11.8 Å². The molecule has 1 aromatic rings. The Morgan fingerprint density at radius 3 is 2.29 bits per heavy atom. The van der Waals surface area contributed by atoms with E-state index in [1.165, 1.54) is 19.3 Å². The number of amides is 2. The van der Waals surface area contributed by atoms with Gasteiger partial charge in [0.25, 0.3) is 0 Å². The molecule has 2 amide bonds. The Balaban J connectivity index is 1.28. The fraction of sp³-hybridized carbons (Fsp3) is 0.632. The molecule has 1 aromatic heterocycles. The van der Waals surface area contributed by atoms with Gasteiger partial charge in [-0.1, -0.05) is 6.07 Å². The van der Waals surface area contributed by atoms with Gasteiger partial charge < -0.3 is 10.6 Å². The van der Waals surface area contributed by atoms with E-state index in [1.54, 1.807) is 6.20 Å². The van der Waals surface area contributed by atoms with Gasteiger partial charge in [0.2, 0.25) is 11.8 Å². The predicted molar refractivity (Wildman–Crippen MR) is 89.7 cm³/mol. The fourth-order valence-corrected chi connectivity index (χ4v) is 5.49. The molecule has 4 bridgehead atoms. The molecule has 0 aromatic carbocycles. The number of carbonyl (C=O) groups is 2. The molecule has 5 heteroatoms. The van der Waals surface area contributed by atoms with Gasteiger partial charge in [-0.25, -0.2) is 0 Å². The fourth-order valence-electron chi connectivity index (χ4n) is 5.49. The summed E-state index contributed by atoms with van der Waals surface area (Å²) in [6, 6.07) is 5.61. The van der Waals surface area contributed by atoms with Crippen molar-refractivity contribution in [2.45, 2.75) is 45.1 Å². The lowest BCUT2D eigenvalue weighted by atomic mass is 9.49. The highest BCUT2D eigenvalue weighted by molar-refractivity contribution is 5.88. The maximum atomic E-state index is 12.8. The van der Waals surface area contributed by atoms with Gasteiger partial charge >= 0.3 is 0 Å². The minimum atomic E-state index is -0.185. The standard InChI is InChI=1S/C19H25N3O2/c23-17(21-11-16-3-1-2-4-20-16)12-22-18(24)19-8-13-5-14(9-19)7-15(6-13)10-19/h1-4,13-15H,5-12H2,(H,21,23)(H,22,24). The van der Waals surface area contributed by atoms with Crippen LogP contribution in [0.4, 0.5) is 0 Å². The smallest absolute Gasteiger partial charge is 0.239 e. The minimum absolute atomic E-state index is 0.0629. The van der Waals surface area contributed by atoms with E-state index in [4.69, 9.17) is 0 Å². The summed E-state index contributed by atoms with van der Waals surface area (Å²) in [6.07, 6.45) is 8.74. The summed E-state index contributed by atoms with van der Waals surface area (Å²) in [5.74, 6) is 2.16. The maximum Gasteiger partial charge on any atom is 0.239 e. The van der Waals surface area contributed by atoms with E-state index in [-0.39, 0.29) is 23.8 Å². The molecule has 0 radical (unpaired) electrons. The Morgan fingerprint density at radius 1 is 1.04 bits per heavy atom. The number of hydrogen-bond donors (Lipinski definition) is 2. The quantitative estimate of drug-likeness (QED) is 0.869. The summed E-state index contributed by atoms with van der Waals surface area (Å²) < 4.78 is 0. The van der Waals surface area contributed by atoms with Crippen LogP contribution in [0.2, 0.25) is 0 Å². The lowest BCUT2D eigenvalue weighted by molar-refractivity contribution is -0.147. The maximum absolute atomic E-state index is 12.8. The van der Waals surface area contributed by atoms with Crippen LogP contribution >= 0.6 is 0 Å². The second-order valence-electron chi connectivity index (χ2n) is 7.98. The van der Waals surface area contributed by atoms with Crippen molar-refractivity contribution in [1.29, 1.82) is 0 Å². The van der Waals surface area contributed by atoms with E-state index >= 15 is 0 Å². The van der Waals surface area contributed by atoms with E-state index in [9.17, 15) is 9.59 Å². The average molecular weight is 327 g/mol. The molecular formula is C19H25N3O2. The number of rotatable bonds is 5. The molecule has 0 aliphatic heterocycles. The van der Waals surface area contributed by atoms with Crippen molar-refractivity contribution in [2.75, 3.05) is 6.54 Å². The first-order valence-corrected chi connectivity index (χ1v) is 9.08. The molecular weight excluding hydrogens is 302 g/mol. The lowest BCUT2D eigenvalue weighted by Crippen LogP contribution is -2.54. The number of pyridine rings is 1. The van der Waals surface area contributed by atoms with Gasteiger partial charge in [-0.15, -0.1) is 0 Å². The third-order valence-electron chi connectivity index (χ3n) is 6.12.